The van der Waals surface area contributed by atoms with Crippen molar-refractivity contribution in [2.75, 3.05) is 43.4 Å². The summed E-state index contributed by atoms with van der Waals surface area (Å²) >= 11 is 0. The minimum absolute atomic E-state index is 0.0410. The number of aromatic nitrogens is 2. The van der Waals surface area contributed by atoms with Crippen LogP contribution in [0.1, 0.15) is 29.0 Å². The smallest absolute Gasteiger partial charge is 0.269 e. The van der Waals surface area contributed by atoms with Crippen molar-refractivity contribution in [2.45, 2.75) is 19.5 Å². The van der Waals surface area contributed by atoms with E-state index >= 15 is 0 Å². The molecule has 1 fully saturated rings. The fraction of sp³-hybridized carbons (Fsp3) is 0.348. The van der Waals surface area contributed by atoms with Crippen LogP contribution in [0.3, 0.4) is 0 Å². The van der Waals surface area contributed by atoms with Gasteiger partial charge in [-0.1, -0.05) is 0 Å². The van der Waals surface area contributed by atoms with Crippen molar-refractivity contribution in [2.24, 2.45) is 0 Å². The molecule has 2 amide bonds. The van der Waals surface area contributed by atoms with Crippen LogP contribution in [-0.2, 0) is 11.3 Å². The van der Waals surface area contributed by atoms with Gasteiger partial charge in [0, 0.05) is 51.4 Å². The van der Waals surface area contributed by atoms with Gasteiger partial charge in [-0.05, 0) is 36.8 Å². The SMILES string of the molecule is CNC(=O)c1ccc(N2CCN(Cc3cc4c5c(c3)c(F)cn5[C@@H](C)C(=O)N4)CC2)c(F)n1. The maximum absolute atomic E-state index is 14.6. The van der Waals surface area contributed by atoms with E-state index in [-0.39, 0.29) is 17.4 Å². The molecule has 1 atom stereocenters. The molecule has 0 bridgehead atoms. The van der Waals surface area contributed by atoms with Crippen LogP contribution in [0.2, 0.25) is 0 Å². The number of amides is 2. The summed E-state index contributed by atoms with van der Waals surface area (Å²) in [6, 6.07) is 6.37. The van der Waals surface area contributed by atoms with Crippen molar-refractivity contribution in [3.05, 3.63) is 53.5 Å². The third-order valence-electron chi connectivity index (χ3n) is 6.40. The zero-order valence-electron chi connectivity index (χ0n) is 18.4. The second-order valence-corrected chi connectivity index (χ2v) is 8.44. The minimum Gasteiger partial charge on any atom is -0.365 e. The molecule has 0 saturated carbocycles. The maximum Gasteiger partial charge on any atom is 0.269 e. The van der Waals surface area contributed by atoms with Crippen LogP contribution in [0, 0.1) is 11.8 Å². The molecule has 172 valence electrons. The number of nitrogens with zero attached hydrogens (tertiary/aromatic N) is 4. The third kappa shape index (κ3) is 3.70. The summed E-state index contributed by atoms with van der Waals surface area (Å²) in [5.74, 6) is -1.61. The van der Waals surface area contributed by atoms with Gasteiger partial charge in [-0.2, -0.15) is 4.39 Å². The molecular formula is C23H24F2N6O2. The second kappa shape index (κ2) is 8.11. The minimum atomic E-state index is -0.668. The van der Waals surface area contributed by atoms with E-state index < -0.39 is 17.9 Å². The molecule has 2 aliphatic heterocycles. The van der Waals surface area contributed by atoms with E-state index in [9.17, 15) is 18.4 Å². The average molecular weight is 454 g/mol. The molecule has 0 unspecified atom stereocenters. The number of carbonyl (C=O) groups excluding carboxylic acids is 2. The standard InChI is InChI=1S/C23H24F2N6O2/c1-13-22(32)28-18-10-14(9-15-16(24)12-31(13)20(15)18)11-29-5-7-30(8-6-29)19-4-3-17(23(33)26-2)27-21(19)25/h3-4,9-10,12-13H,5-8,11H2,1-2H3,(H,26,33)(H,28,32)/t13-/m0/s1. The first-order chi connectivity index (χ1) is 15.9. The molecule has 2 aromatic heterocycles. The van der Waals surface area contributed by atoms with Crippen molar-refractivity contribution >= 4 is 34.1 Å². The van der Waals surface area contributed by atoms with Gasteiger partial charge in [0.2, 0.25) is 11.9 Å². The molecule has 2 aliphatic rings. The number of hydrogen-bond acceptors (Lipinski definition) is 5. The molecule has 8 nitrogen and oxygen atoms in total. The number of anilines is 2. The first-order valence-electron chi connectivity index (χ1n) is 10.9. The van der Waals surface area contributed by atoms with Gasteiger partial charge >= 0.3 is 0 Å². The number of pyridine rings is 1. The summed E-state index contributed by atoms with van der Waals surface area (Å²) in [6.45, 7) is 4.87. The van der Waals surface area contributed by atoms with Crippen LogP contribution in [-0.4, -0.2) is 59.5 Å². The fourth-order valence-corrected chi connectivity index (χ4v) is 4.59. The largest absolute Gasteiger partial charge is 0.365 e. The predicted octanol–water partition coefficient (Wildman–Crippen LogP) is 2.51. The van der Waals surface area contributed by atoms with E-state index in [1.807, 2.05) is 17.0 Å². The monoisotopic (exact) mass is 454 g/mol. The van der Waals surface area contributed by atoms with E-state index in [0.717, 1.165) is 5.56 Å². The van der Waals surface area contributed by atoms with Crippen LogP contribution in [0.5, 0.6) is 0 Å². The van der Waals surface area contributed by atoms with Crippen LogP contribution >= 0.6 is 0 Å². The number of benzene rings is 1. The van der Waals surface area contributed by atoms with Crippen molar-refractivity contribution in [1.29, 1.82) is 0 Å². The molecule has 1 aromatic carbocycles. The van der Waals surface area contributed by atoms with Crippen LogP contribution in [0.25, 0.3) is 10.9 Å². The molecule has 3 aromatic rings. The Balaban J connectivity index is 1.30. The summed E-state index contributed by atoms with van der Waals surface area (Å²) in [6.07, 6.45) is 1.39. The molecule has 10 heteroatoms. The molecule has 4 heterocycles. The Morgan fingerprint density at radius 2 is 1.97 bits per heavy atom. The highest BCUT2D eigenvalue weighted by Crippen LogP contribution is 2.35. The van der Waals surface area contributed by atoms with Crippen LogP contribution in [0.4, 0.5) is 20.2 Å². The van der Waals surface area contributed by atoms with Crippen molar-refractivity contribution in [3.63, 3.8) is 0 Å². The van der Waals surface area contributed by atoms with E-state index in [0.29, 0.717) is 55.0 Å². The highest BCUT2D eigenvalue weighted by atomic mass is 19.1. The van der Waals surface area contributed by atoms with Crippen LogP contribution in [0.15, 0.2) is 30.5 Å². The summed E-state index contributed by atoms with van der Waals surface area (Å²) in [5, 5.41) is 5.82. The Kier molecular flexibility index (Phi) is 5.24. The molecule has 33 heavy (non-hydrogen) atoms. The van der Waals surface area contributed by atoms with Gasteiger partial charge in [0.25, 0.3) is 5.91 Å². The molecule has 2 N–H and O–H groups in total. The summed E-state index contributed by atoms with van der Waals surface area (Å²) < 4.78 is 30.8. The number of rotatable bonds is 4. The fourth-order valence-electron chi connectivity index (χ4n) is 4.59. The average Bonchev–Trinajstić information content (AvgIpc) is 3.14. The van der Waals surface area contributed by atoms with Crippen molar-refractivity contribution in [1.82, 2.24) is 19.8 Å². The highest BCUT2D eigenvalue weighted by molar-refractivity contribution is 6.06. The van der Waals surface area contributed by atoms with E-state index in [2.05, 4.69) is 20.5 Å². The predicted molar refractivity (Wildman–Crippen MR) is 120 cm³/mol. The van der Waals surface area contributed by atoms with Crippen LogP contribution < -0.4 is 15.5 Å². The van der Waals surface area contributed by atoms with Crippen molar-refractivity contribution in [3.8, 4) is 0 Å². The molecule has 1 saturated heterocycles. The Morgan fingerprint density at radius 3 is 2.67 bits per heavy atom. The quantitative estimate of drug-likeness (QED) is 0.592. The van der Waals surface area contributed by atoms with E-state index in [1.54, 1.807) is 17.6 Å². The second-order valence-electron chi connectivity index (χ2n) is 8.44. The Hall–Kier alpha value is -3.53. The normalized spacial score (nSPS) is 18.5. The van der Waals surface area contributed by atoms with Gasteiger partial charge in [-0.25, -0.2) is 9.37 Å². The lowest BCUT2D eigenvalue weighted by Gasteiger charge is -2.36. The highest BCUT2D eigenvalue weighted by Gasteiger charge is 2.28. The van der Waals surface area contributed by atoms with Gasteiger partial charge in [0.05, 0.1) is 16.9 Å². The summed E-state index contributed by atoms with van der Waals surface area (Å²) in [4.78, 5) is 31.8. The summed E-state index contributed by atoms with van der Waals surface area (Å²) in [7, 11) is 1.47. The van der Waals surface area contributed by atoms with Gasteiger partial charge < -0.3 is 20.1 Å². The number of hydrogen-bond donors (Lipinski definition) is 2. The first kappa shape index (κ1) is 21.3. The number of nitrogens with one attached hydrogen (secondary N) is 2. The third-order valence-corrected chi connectivity index (χ3v) is 6.40. The van der Waals surface area contributed by atoms with E-state index in [1.165, 1.54) is 19.3 Å². The lowest BCUT2D eigenvalue weighted by atomic mass is 10.1. The topological polar surface area (TPSA) is 82.5 Å². The zero-order chi connectivity index (χ0) is 23.3. The van der Waals surface area contributed by atoms with Crippen molar-refractivity contribution < 1.29 is 18.4 Å². The molecular weight excluding hydrogens is 430 g/mol. The molecule has 0 spiro atoms. The zero-order valence-corrected chi connectivity index (χ0v) is 18.4. The number of piperazine rings is 1. The summed E-state index contributed by atoms with van der Waals surface area (Å²) in [5.41, 5.74) is 2.64. The molecule has 0 radical (unpaired) electrons. The Morgan fingerprint density at radius 1 is 1.21 bits per heavy atom. The van der Waals surface area contributed by atoms with E-state index in [4.69, 9.17) is 0 Å². The Labute approximate surface area is 189 Å². The molecule has 5 rings (SSSR count). The molecule has 0 aliphatic carbocycles. The van der Waals surface area contributed by atoms with Gasteiger partial charge in [-0.3, -0.25) is 14.5 Å². The first-order valence-corrected chi connectivity index (χ1v) is 10.9. The van der Waals surface area contributed by atoms with Gasteiger partial charge in [-0.15, -0.1) is 0 Å². The maximum atomic E-state index is 14.6. The lowest BCUT2D eigenvalue weighted by molar-refractivity contribution is -0.118. The number of halogens is 2. The number of carbonyl (C=O) groups is 2. The van der Waals surface area contributed by atoms with Gasteiger partial charge in [0.1, 0.15) is 17.6 Å². The van der Waals surface area contributed by atoms with Gasteiger partial charge in [0.15, 0.2) is 0 Å². The Bertz CT molecular complexity index is 1270. The lowest BCUT2D eigenvalue weighted by Crippen LogP contribution is -2.46.